The minimum absolute atomic E-state index is 0.246. The first-order valence-corrected chi connectivity index (χ1v) is 9.34. The van der Waals surface area contributed by atoms with E-state index in [4.69, 9.17) is 4.74 Å². The minimum Gasteiger partial charge on any atom is -0.465 e. The molecule has 0 heterocycles. The summed E-state index contributed by atoms with van der Waals surface area (Å²) in [6.07, 6.45) is 4.27. The second kappa shape index (κ2) is 8.66. The second-order valence-electron chi connectivity index (χ2n) is 6.86. The zero-order chi connectivity index (χ0) is 18.4. The SMILES string of the molecule is COC(=O)c1ccccc1CCCC[C@H](C)c1cccc2ccccc12. The van der Waals surface area contributed by atoms with Crippen LogP contribution >= 0.6 is 0 Å². The largest absolute Gasteiger partial charge is 0.465 e. The van der Waals surface area contributed by atoms with Gasteiger partial charge in [-0.2, -0.15) is 0 Å². The zero-order valence-corrected chi connectivity index (χ0v) is 15.6. The molecule has 0 amide bonds. The van der Waals surface area contributed by atoms with Crippen molar-refractivity contribution in [3.8, 4) is 0 Å². The van der Waals surface area contributed by atoms with Crippen molar-refractivity contribution in [3.63, 3.8) is 0 Å². The van der Waals surface area contributed by atoms with Gasteiger partial charge in [-0.15, -0.1) is 0 Å². The fourth-order valence-corrected chi connectivity index (χ4v) is 3.65. The van der Waals surface area contributed by atoms with Crippen LogP contribution in [0.5, 0.6) is 0 Å². The summed E-state index contributed by atoms with van der Waals surface area (Å²) < 4.78 is 4.88. The molecule has 0 saturated heterocycles. The Labute approximate surface area is 155 Å². The van der Waals surface area contributed by atoms with E-state index in [0.29, 0.717) is 11.5 Å². The topological polar surface area (TPSA) is 26.3 Å². The van der Waals surface area contributed by atoms with Gasteiger partial charge in [-0.1, -0.05) is 74.0 Å². The lowest BCUT2D eigenvalue weighted by atomic mass is 9.90. The van der Waals surface area contributed by atoms with Crippen LogP contribution in [0, 0.1) is 0 Å². The van der Waals surface area contributed by atoms with Gasteiger partial charge in [0.15, 0.2) is 0 Å². The molecule has 0 fully saturated rings. The van der Waals surface area contributed by atoms with Crippen molar-refractivity contribution in [2.75, 3.05) is 7.11 Å². The van der Waals surface area contributed by atoms with Crippen LogP contribution in [-0.4, -0.2) is 13.1 Å². The first-order valence-electron chi connectivity index (χ1n) is 9.34. The molecule has 26 heavy (non-hydrogen) atoms. The molecule has 0 aromatic heterocycles. The summed E-state index contributed by atoms with van der Waals surface area (Å²) in [7, 11) is 1.44. The van der Waals surface area contributed by atoms with Crippen molar-refractivity contribution in [2.45, 2.75) is 38.5 Å². The highest BCUT2D eigenvalue weighted by Gasteiger charge is 2.12. The predicted molar refractivity (Wildman–Crippen MR) is 108 cm³/mol. The monoisotopic (exact) mass is 346 g/mol. The van der Waals surface area contributed by atoms with Crippen molar-refractivity contribution >= 4 is 16.7 Å². The highest BCUT2D eigenvalue weighted by atomic mass is 16.5. The number of carbonyl (C=O) groups is 1. The Morgan fingerprint density at radius 3 is 2.50 bits per heavy atom. The second-order valence-corrected chi connectivity index (χ2v) is 6.86. The van der Waals surface area contributed by atoms with Crippen molar-refractivity contribution in [1.29, 1.82) is 0 Å². The molecule has 134 valence electrons. The molecule has 3 rings (SSSR count). The van der Waals surface area contributed by atoms with Gasteiger partial charge >= 0.3 is 5.97 Å². The Kier molecular flexibility index (Phi) is 6.06. The van der Waals surface area contributed by atoms with Crippen LogP contribution in [0.1, 0.15) is 53.6 Å². The Morgan fingerprint density at radius 1 is 0.923 bits per heavy atom. The van der Waals surface area contributed by atoms with E-state index in [-0.39, 0.29) is 5.97 Å². The van der Waals surface area contributed by atoms with E-state index >= 15 is 0 Å². The maximum Gasteiger partial charge on any atom is 0.338 e. The lowest BCUT2D eigenvalue weighted by Crippen LogP contribution is -2.05. The summed E-state index contributed by atoms with van der Waals surface area (Å²) in [6.45, 7) is 2.31. The maximum absolute atomic E-state index is 11.9. The van der Waals surface area contributed by atoms with Crippen LogP contribution in [-0.2, 0) is 11.2 Å². The third-order valence-electron chi connectivity index (χ3n) is 5.11. The molecule has 3 aromatic carbocycles. The number of carbonyl (C=O) groups excluding carboxylic acids is 1. The molecule has 0 saturated carbocycles. The van der Waals surface area contributed by atoms with Gasteiger partial charge in [0.25, 0.3) is 0 Å². The number of ether oxygens (including phenoxy) is 1. The first kappa shape index (κ1) is 18.2. The minimum atomic E-state index is -0.246. The van der Waals surface area contributed by atoms with Gasteiger partial charge in [0.05, 0.1) is 12.7 Å². The third kappa shape index (κ3) is 4.13. The molecule has 0 bridgehead atoms. The van der Waals surface area contributed by atoms with E-state index in [2.05, 4.69) is 49.4 Å². The van der Waals surface area contributed by atoms with E-state index in [1.165, 1.54) is 23.4 Å². The van der Waals surface area contributed by atoms with Crippen LogP contribution in [0.2, 0.25) is 0 Å². The summed E-state index contributed by atoms with van der Waals surface area (Å²) in [4.78, 5) is 11.9. The number of benzene rings is 3. The summed E-state index contributed by atoms with van der Waals surface area (Å²) in [5.41, 5.74) is 3.20. The van der Waals surface area contributed by atoms with Crippen molar-refractivity contribution < 1.29 is 9.53 Å². The number of methoxy groups -OCH3 is 1. The van der Waals surface area contributed by atoms with Crippen LogP contribution in [0.3, 0.4) is 0 Å². The van der Waals surface area contributed by atoms with Crippen molar-refractivity contribution in [2.24, 2.45) is 0 Å². The lowest BCUT2D eigenvalue weighted by Gasteiger charge is -2.15. The van der Waals surface area contributed by atoms with Gasteiger partial charge in [0.2, 0.25) is 0 Å². The van der Waals surface area contributed by atoms with Gasteiger partial charge in [0, 0.05) is 0 Å². The zero-order valence-electron chi connectivity index (χ0n) is 15.6. The van der Waals surface area contributed by atoms with Crippen molar-refractivity contribution in [1.82, 2.24) is 0 Å². The van der Waals surface area contributed by atoms with Crippen LogP contribution < -0.4 is 0 Å². The normalized spacial score (nSPS) is 12.1. The molecule has 0 spiro atoms. The molecule has 0 N–H and O–H groups in total. The Bertz CT molecular complexity index is 877. The summed E-state index contributed by atoms with van der Waals surface area (Å²) in [5.74, 6) is 0.279. The lowest BCUT2D eigenvalue weighted by molar-refractivity contribution is 0.0599. The average molecular weight is 346 g/mol. The smallest absolute Gasteiger partial charge is 0.338 e. The summed E-state index contributed by atoms with van der Waals surface area (Å²) in [5, 5.41) is 2.67. The number of unbranched alkanes of at least 4 members (excludes halogenated alkanes) is 1. The molecule has 0 aliphatic carbocycles. The molecule has 1 atom stereocenters. The molecule has 3 aromatic rings. The van der Waals surface area contributed by atoms with Gasteiger partial charge in [0.1, 0.15) is 0 Å². The molecule has 0 aliphatic rings. The molecule has 2 nitrogen and oxygen atoms in total. The fourth-order valence-electron chi connectivity index (χ4n) is 3.65. The van der Waals surface area contributed by atoms with Gasteiger partial charge < -0.3 is 4.74 Å². The maximum atomic E-state index is 11.9. The van der Waals surface area contributed by atoms with Gasteiger partial charge in [-0.05, 0) is 53.1 Å². The summed E-state index contributed by atoms with van der Waals surface area (Å²) >= 11 is 0. The van der Waals surface area contributed by atoms with Crippen LogP contribution in [0.4, 0.5) is 0 Å². The first-order chi connectivity index (χ1) is 12.7. The molecule has 0 radical (unpaired) electrons. The number of rotatable bonds is 7. The Hall–Kier alpha value is -2.61. The predicted octanol–water partition coefficient (Wildman–Crippen LogP) is 6.14. The summed E-state index contributed by atoms with van der Waals surface area (Å²) in [6, 6.07) is 22.9. The van der Waals surface area contributed by atoms with Gasteiger partial charge in [-0.3, -0.25) is 0 Å². The van der Waals surface area contributed by atoms with E-state index < -0.39 is 0 Å². The number of hydrogen-bond acceptors (Lipinski definition) is 2. The van der Waals surface area contributed by atoms with E-state index in [1.54, 1.807) is 0 Å². The van der Waals surface area contributed by atoms with Crippen molar-refractivity contribution in [3.05, 3.63) is 83.4 Å². The van der Waals surface area contributed by atoms with Crippen LogP contribution in [0.25, 0.3) is 10.8 Å². The fraction of sp³-hybridized carbons (Fsp3) is 0.292. The highest BCUT2D eigenvalue weighted by molar-refractivity contribution is 5.91. The van der Waals surface area contributed by atoms with E-state index in [1.807, 2.05) is 24.3 Å². The number of fused-ring (bicyclic) bond motifs is 1. The molecular weight excluding hydrogens is 320 g/mol. The molecule has 0 unspecified atom stereocenters. The molecule has 2 heteroatoms. The van der Waals surface area contributed by atoms with Crippen LogP contribution in [0.15, 0.2) is 66.7 Å². The molecular formula is C24H26O2. The highest BCUT2D eigenvalue weighted by Crippen LogP contribution is 2.29. The third-order valence-corrected chi connectivity index (χ3v) is 5.11. The molecule has 0 aliphatic heterocycles. The Morgan fingerprint density at radius 2 is 1.65 bits per heavy atom. The number of hydrogen-bond donors (Lipinski definition) is 0. The van der Waals surface area contributed by atoms with E-state index in [9.17, 15) is 4.79 Å². The average Bonchev–Trinajstić information content (AvgIpc) is 2.70. The quantitative estimate of drug-likeness (QED) is 0.379. The Balaban J connectivity index is 1.59. The number of esters is 1. The standard InChI is InChI=1S/C24H26O2/c1-18(21-17-9-14-19-11-5-7-15-22(19)21)10-3-4-12-20-13-6-8-16-23(20)24(25)26-2/h5-9,11,13-18H,3-4,10,12H2,1-2H3/t18-/m0/s1. The van der Waals surface area contributed by atoms with Gasteiger partial charge in [-0.25, -0.2) is 4.79 Å². The van der Waals surface area contributed by atoms with E-state index in [0.717, 1.165) is 31.2 Å². The number of aryl methyl sites for hydroxylation is 1.